The van der Waals surface area contributed by atoms with Gasteiger partial charge in [-0.3, -0.25) is 0 Å². The van der Waals surface area contributed by atoms with Crippen LogP contribution in [0.1, 0.15) is 5.56 Å². The quantitative estimate of drug-likeness (QED) is 0.735. The van der Waals surface area contributed by atoms with Crippen molar-refractivity contribution in [3.63, 3.8) is 0 Å². The van der Waals surface area contributed by atoms with Gasteiger partial charge in [0, 0.05) is 16.3 Å². The zero-order valence-corrected chi connectivity index (χ0v) is 7.57. The maximum Gasteiger partial charge on any atom is 0.146 e. The minimum Gasteiger partial charge on any atom is -0.398 e. The zero-order chi connectivity index (χ0) is 9.42. The van der Waals surface area contributed by atoms with Crippen LogP contribution in [-0.2, 0) is 6.61 Å². The largest absolute Gasteiger partial charge is 0.398 e. The molecule has 0 fully saturated rings. The van der Waals surface area contributed by atoms with E-state index in [4.69, 9.17) is 10.8 Å². The van der Waals surface area contributed by atoms with Crippen molar-refractivity contribution < 1.29 is 9.50 Å². The highest BCUT2D eigenvalue weighted by Gasteiger charge is 2.09. The number of nitrogens with two attached hydrogens (primary N) is 1. The highest BCUT2D eigenvalue weighted by molar-refractivity contribution is 7.17. The Morgan fingerprint density at radius 3 is 2.92 bits per heavy atom. The van der Waals surface area contributed by atoms with Crippen LogP contribution in [0.2, 0.25) is 0 Å². The summed E-state index contributed by atoms with van der Waals surface area (Å²) in [4.78, 5) is 0. The van der Waals surface area contributed by atoms with Crippen molar-refractivity contribution in [2.24, 2.45) is 0 Å². The van der Waals surface area contributed by atoms with Gasteiger partial charge < -0.3 is 10.8 Å². The Labute approximate surface area is 78.4 Å². The molecule has 0 unspecified atom stereocenters. The van der Waals surface area contributed by atoms with E-state index in [0.717, 1.165) is 5.39 Å². The average Bonchev–Trinajstić information content (AvgIpc) is 2.50. The van der Waals surface area contributed by atoms with Gasteiger partial charge in [-0.05, 0) is 0 Å². The van der Waals surface area contributed by atoms with Crippen LogP contribution in [0.15, 0.2) is 17.5 Å². The summed E-state index contributed by atoms with van der Waals surface area (Å²) in [5.74, 6) is -0.360. The molecule has 1 heterocycles. The number of hydrogen-bond donors (Lipinski definition) is 2. The van der Waals surface area contributed by atoms with Crippen LogP contribution >= 0.6 is 11.3 Å². The summed E-state index contributed by atoms with van der Waals surface area (Å²) in [6.07, 6.45) is 0. The van der Waals surface area contributed by atoms with Crippen LogP contribution in [0.4, 0.5) is 10.1 Å². The van der Waals surface area contributed by atoms with Gasteiger partial charge in [-0.25, -0.2) is 4.39 Å². The van der Waals surface area contributed by atoms with Gasteiger partial charge in [-0.1, -0.05) is 12.1 Å². The number of fused-ring (bicyclic) bond motifs is 1. The molecular weight excluding hydrogens is 189 g/mol. The summed E-state index contributed by atoms with van der Waals surface area (Å²) >= 11 is 1.26. The van der Waals surface area contributed by atoms with E-state index in [9.17, 15) is 4.39 Å². The highest BCUT2D eigenvalue weighted by Crippen LogP contribution is 2.31. The Kier molecular flexibility index (Phi) is 1.94. The first-order valence-electron chi connectivity index (χ1n) is 3.79. The van der Waals surface area contributed by atoms with Crippen molar-refractivity contribution in [2.45, 2.75) is 6.61 Å². The number of benzene rings is 1. The number of rotatable bonds is 1. The van der Waals surface area contributed by atoms with E-state index in [1.165, 1.54) is 11.3 Å². The van der Waals surface area contributed by atoms with E-state index < -0.39 is 0 Å². The maximum absolute atomic E-state index is 13.5. The third kappa shape index (κ3) is 1.18. The number of thiophene rings is 1. The average molecular weight is 197 g/mol. The third-order valence-corrected chi connectivity index (χ3v) is 2.97. The number of halogens is 1. The molecule has 2 rings (SSSR count). The standard InChI is InChI=1S/C9H8FNOS/c10-8-5(3-12)1-2-6-7(11)4-13-9(6)8/h1-2,4,12H,3,11H2. The molecule has 3 N–H and O–H groups in total. The molecule has 0 aliphatic rings. The van der Waals surface area contributed by atoms with Crippen LogP contribution in [0.25, 0.3) is 10.1 Å². The Hall–Kier alpha value is -1.13. The van der Waals surface area contributed by atoms with E-state index >= 15 is 0 Å². The molecule has 4 heteroatoms. The number of aliphatic hydroxyl groups is 1. The lowest BCUT2D eigenvalue weighted by Gasteiger charge is -1.99. The molecular formula is C9H8FNOS. The van der Waals surface area contributed by atoms with E-state index in [1.54, 1.807) is 17.5 Å². The second kappa shape index (κ2) is 2.97. The van der Waals surface area contributed by atoms with Crippen LogP contribution in [0, 0.1) is 5.82 Å². The predicted octanol–water partition coefficient (Wildman–Crippen LogP) is 2.11. The molecule has 2 aromatic rings. The fourth-order valence-electron chi connectivity index (χ4n) is 1.25. The molecule has 0 aliphatic carbocycles. The highest BCUT2D eigenvalue weighted by atomic mass is 32.1. The summed E-state index contributed by atoms with van der Waals surface area (Å²) in [5.41, 5.74) is 6.52. The Bertz CT molecular complexity index is 452. The second-order valence-electron chi connectivity index (χ2n) is 2.76. The molecule has 0 saturated heterocycles. The number of aliphatic hydroxyl groups excluding tert-OH is 1. The topological polar surface area (TPSA) is 46.2 Å². The molecule has 0 radical (unpaired) electrons. The molecule has 1 aromatic heterocycles. The normalized spacial score (nSPS) is 10.9. The lowest BCUT2D eigenvalue weighted by atomic mass is 10.1. The van der Waals surface area contributed by atoms with Gasteiger partial charge in [-0.2, -0.15) is 0 Å². The summed E-state index contributed by atoms with van der Waals surface area (Å²) < 4.78 is 14.0. The van der Waals surface area contributed by atoms with Gasteiger partial charge in [0.25, 0.3) is 0 Å². The van der Waals surface area contributed by atoms with Crippen molar-refractivity contribution in [3.8, 4) is 0 Å². The third-order valence-electron chi connectivity index (χ3n) is 1.96. The number of nitrogen functional groups attached to an aromatic ring is 1. The zero-order valence-electron chi connectivity index (χ0n) is 6.75. The van der Waals surface area contributed by atoms with Crippen LogP contribution < -0.4 is 5.73 Å². The van der Waals surface area contributed by atoms with Crippen molar-refractivity contribution in [2.75, 3.05) is 5.73 Å². The predicted molar refractivity (Wildman–Crippen MR) is 52.1 cm³/mol. The summed E-state index contributed by atoms with van der Waals surface area (Å²) in [6, 6.07) is 3.29. The van der Waals surface area contributed by atoms with Crippen LogP contribution in [0.5, 0.6) is 0 Å². The van der Waals surface area contributed by atoms with Crippen molar-refractivity contribution in [3.05, 3.63) is 28.9 Å². The fraction of sp³-hybridized carbons (Fsp3) is 0.111. The summed E-state index contributed by atoms with van der Waals surface area (Å²) in [6.45, 7) is -0.278. The first-order valence-corrected chi connectivity index (χ1v) is 4.67. The van der Waals surface area contributed by atoms with E-state index in [0.29, 0.717) is 16.0 Å². The first kappa shape index (κ1) is 8.47. The molecule has 13 heavy (non-hydrogen) atoms. The monoisotopic (exact) mass is 197 g/mol. The Morgan fingerprint density at radius 2 is 2.23 bits per heavy atom. The molecule has 0 saturated carbocycles. The van der Waals surface area contributed by atoms with E-state index in [1.807, 2.05) is 0 Å². The molecule has 0 amide bonds. The maximum atomic E-state index is 13.5. The Balaban J connectivity index is 2.80. The lowest BCUT2D eigenvalue weighted by molar-refractivity contribution is 0.276. The van der Waals surface area contributed by atoms with Crippen molar-refractivity contribution in [1.29, 1.82) is 0 Å². The molecule has 0 spiro atoms. The van der Waals surface area contributed by atoms with Crippen LogP contribution in [-0.4, -0.2) is 5.11 Å². The van der Waals surface area contributed by atoms with Crippen LogP contribution in [0.3, 0.4) is 0 Å². The molecule has 0 bridgehead atoms. The van der Waals surface area contributed by atoms with Gasteiger partial charge in [0.2, 0.25) is 0 Å². The minimum atomic E-state index is -0.360. The van der Waals surface area contributed by atoms with Gasteiger partial charge in [-0.15, -0.1) is 11.3 Å². The van der Waals surface area contributed by atoms with E-state index in [-0.39, 0.29) is 12.4 Å². The molecule has 0 atom stereocenters. The smallest absolute Gasteiger partial charge is 0.146 e. The summed E-state index contributed by atoms with van der Waals surface area (Å²) in [7, 11) is 0. The van der Waals surface area contributed by atoms with Gasteiger partial charge in [0.1, 0.15) is 5.82 Å². The number of anilines is 1. The second-order valence-corrected chi connectivity index (χ2v) is 3.64. The van der Waals surface area contributed by atoms with Gasteiger partial charge in [0.15, 0.2) is 0 Å². The van der Waals surface area contributed by atoms with Gasteiger partial charge in [0.05, 0.1) is 17.0 Å². The fourth-order valence-corrected chi connectivity index (χ4v) is 2.17. The molecule has 2 nitrogen and oxygen atoms in total. The minimum absolute atomic E-state index is 0.278. The summed E-state index contributed by atoms with van der Waals surface area (Å²) in [5, 5.41) is 11.2. The van der Waals surface area contributed by atoms with Crippen molar-refractivity contribution in [1.82, 2.24) is 0 Å². The van der Waals surface area contributed by atoms with Gasteiger partial charge >= 0.3 is 0 Å². The lowest BCUT2D eigenvalue weighted by Crippen LogP contribution is -1.89. The van der Waals surface area contributed by atoms with E-state index in [2.05, 4.69) is 0 Å². The van der Waals surface area contributed by atoms with Crippen molar-refractivity contribution >= 4 is 27.1 Å². The molecule has 0 aliphatic heterocycles. The molecule has 68 valence electrons. The SMILES string of the molecule is Nc1csc2c(F)c(CO)ccc12. The molecule has 1 aromatic carbocycles. The number of hydrogen-bond acceptors (Lipinski definition) is 3. The first-order chi connectivity index (χ1) is 6.24. The Morgan fingerprint density at radius 1 is 1.46 bits per heavy atom.